The minimum absolute atomic E-state index is 0.00491. The number of carbonyl (C=O) groups is 1. The lowest BCUT2D eigenvalue weighted by atomic mass is 9.99. The summed E-state index contributed by atoms with van der Waals surface area (Å²) < 4.78 is 11.2. The molecule has 31 heavy (non-hydrogen) atoms. The lowest BCUT2D eigenvalue weighted by molar-refractivity contribution is -0.130. The second kappa shape index (κ2) is 11.1. The lowest BCUT2D eigenvalue weighted by Crippen LogP contribution is -2.35. The molecule has 5 heteroatoms. The number of nitrogens with one attached hydrogen (secondary N) is 1. The first-order chi connectivity index (χ1) is 15.3. The van der Waals surface area contributed by atoms with Crippen molar-refractivity contribution in [3.05, 3.63) is 71.8 Å². The van der Waals surface area contributed by atoms with E-state index in [9.17, 15) is 4.79 Å². The molecule has 0 aliphatic carbocycles. The van der Waals surface area contributed by atoms with Crippen molar-refractivity contribution < 1.29 is 14.3 Å². The Balaban J connectivity index is 1.14. The van der Waals surface area contributed by atoms with Crippen LogP contribution >= 0.6 is 0 Å². The normalized spacial score (nSPS) is 19.1. The SMILES string of the molecule is O=C(NCCCOc1ccc(CN2CC=C(c3ccccc3)CC2)cc1)[C@H]1CCCO1. The summed E-state index contributed by atoms with van der Waals surface area (Å²) in [5, 5.41) is 2.92. The molecule has 0 bridgehead atoms. The second-order valence-electron chi connectivity index (χ2n) is 8.22. The van der Waals surface area contributed by atoms with E-state index in [4.69, 9.17) is 9.47 Å². The van der Waals surface area contributed by atoms with Gasteiger partial charge in [0.05, 0.1) is 6.61 Å². The Hall–Kier alpha value is -2.63. The highest BCUT2D eigenvalue weighted by atomic mass is 16.5. The van der Waals surface area contributed by atoms with Crippen molar-refractivity contribution in [2.24, 2.45) is 0 Å². The molecule has 1 fully saturated rings. The topological polar surface area (TPSA) is 50.8 Å². The Morgan fingerprint density at radius 1 is 1.13 bits per heavy atom. The van der Waals surface area contributed by atoms with Gasteiger partial charge in [-0.05, 0) is 54.5 Å². The minimum atomic E-state index is -0.256. The van der Waals surface area contributed by atoms with Crippen molar-refractivity contribution in [3.8, 4) is 5.75 Å². The number of benzene rings is 2. The van der Waals surface area contributed by atoms with Crippen molar-refractivity contribution >= 4 is 11.5 Å². The quantitative estimate of drug-likeness (QED) is 0.622. The first kappa shape index (κ1) is 21.6. The first-order valence-corrected chi connectivity index (χ1v) is 11.4. The molecule has 1 amide bonds. The van der Waals surface area contributed by atoms with Crippen molar-refractivity contribution in [2.75, 3.05) is 32.8 Å². The van der Waals surface area contributed by atoms with Gasteiger partial charge in [-0.1, -0.05) is 48.5 Å². The van der Waals surface area contributed by atoms with E-state index in [1.54, 1.807) is 0 Å². The van der Waals surface area contributed by atoms with Crippen LogP contribution in [0.15, 0.2) is 60.7 Å². The maximum absolute atomic E-state index is 11.9. The van der Waals surface area contributed by atoms with Gasteiger partial charge in [0.15, 0.2) is 0 Å². The third-order valence-electron chi connectivity index (χ3n) is 5.88. The van der Waals surface area contributed by atoms with Crippen LogP contribution in [0.1, 0.15) is 36.8 Å². The van der Waals surface area contributed by atoms with Crippen LogP contribution in [0.2, 0.25) is 0 Å². The molecule has 2 aliphatic rings. The number of nitrogens with zero attached hydrogens (tertiary/aromatic N) is 1. The number of carbonyl (C=O) groups excluding carboxylic acids is 1. The third-order valence-corrected chi connectivity index (χ3v) is 5.88. The Morgan fingerprint density at radius 3 is 2.68 bits per heavy atom. The lowest BCUT2D eigenvalue weighted by Gasteiger charge is -2.26. The largest absolute Gasteiger partial charge is 0.494 e. The van der Waals surface area contributed by atoms with Crippen LogP contribution in [0, 0.1) is 0 Å². The van der Waals surface area contributed by atoms with Crippen LogP contribution in [0.4, 0.5) is 0 Å². The molecule has 4 rings (SSSR count). The van der Waals surface area contributed by atoms with E-state index in [-0.39, 0.29) is 12.0 Å². The Bertz CT molecular complexity index is 858. The number of amides is 1. The first-order valence-electron chi connectivity index (χ1n) is 11.4. The Labute approximate surface area is 185 Å². The summed E-state index contributed by atoms with van der Waals surface area (Å²) in [6, 6.07) is 19.0. The zero-order valence-corrected chi connectivity index (χ0v) is 18.1. The Kier molecular flexibility index (Phi) is 7.75. The number of rotatable bonds is 9. The molecular formula is C26H32N2O3. The summed E-state index contributed by atoms with van der Waals surface area (Å²) in [7, 11) is 0. The van der Waals surface area contributed by atoms with Crippen molar-refractivity contribution in [3.63, 3.8) is 0 Å². The zero-order chi connectivity index (χ0) is 21.3. The highest BCUT2D eigenvalue weighted by Gasteiger charge is 2.22. The van der Waals surface area contributed by atoms with Gasteiger partial charge in [-0.25, -0.2) is 0 Å². The predicted molar refractivity (Wildman–Crippen MR) is 123 cm³/mol. The van der Waals surface area contributed by atoms with Crippen LogP contribution in [0.3, 0.4) is 0 Å². The smallest absolute Gasteiger partial charge is 0.249 e. The van der Waals surface area contributed by atoms with Gasteiger partial charge in [0, 0.05) is 32.8 Å². The molecule has 0 saturated carbocycles. The standard InChI is InChI=1S/C26H32N2O3/c29-26(25-8-4-18-31-25)27-15-5-19-30-24-11-9-21(10-12-24)20-28-16-13-23(14-17-28)22-6-2-1-3-7-22/h1-3,6-7,9-13,25H,4-5,8,14-20H2,(H,27,29)/t25-/m1/s1. The van der Waals surface area contributed by atoms with Gasteiger partial charge < -0.3 is 14.8 Å². The Morgan fingerprint density at radius 2 is 1.97 bits per heavy atom. The van der Waals surface area contributed by atoms with Crippen LogP contribution in [0.5, 0.6) is 5.75 Å². The summed E-state index contributed by atoms with van der Waals surface area (Å²) in [5.74, 6) is 0.879. The maximum Gasteiger partial charge on any atom is 0.249 e. The van der Waals surface area contributed by atoms with Crippen LogP contribution in [0.25, 0.3) is 5.57 Å². The summed E-state index contributed by atoms with van der Waals surface area (Å²) in [5.41, 5.74) is 4.09. The van der Waals surface area contributed by atoms with Crippen molar-refractivity contribution in [1.82, 2.24) is 10.2 Å². The van der Waals surface area contributed by atoms with E-state index >= 15 is 0 Å². The van der Waals surface area contributed by atoms with E-state index in [0.29, 0.717) is 19.8 Å². The number of hydrogen-bond acceptors (Lipinski definition) is 4. The van der Waals surface area contributed by atoms with E-state index in [0.717, 1.165) is 51.1 Å². The minimum Gasteiger partial charge on any atom is -0.494 e. The summed E-state index contributed by atoms with van der Waals surface area (Å²) in [6.07, 6.45) is 5.78. The molecule has 0 spiro atoms. The monoisotopic (exact) mass is 420 g/mol. The van der Waals surface area contributed by atoms with Crippen LogP contribution < -0.4 is 10.1 Å². The van der Waals surface area contributed by atoms with Crippen molar-refractivity contribution in [2.45, 2.75) is 38.3 Å². The molecule has 164 valence electrons. The molecule has 0 aromatic heterocycles. The molecule has 1 atom stereocenters. The average Bonchev–Trinajstić information content (AvgIpc) is 3.36. The fraction of sp³-hybridized carbons (Fsp3) is 0.423. The summed E-state index contributed by atoms with van der Waals surface area (Å²) in [4.78, 5) is 14.4. The molecular weight excluding hydrogens is 388 g/mol. The van der Waals surface area contributed by atoms with E-state index in [2.05, 4.69) is 58.8 Å². The molecule has 2 heterocycles. The maximum atomic E-state index is 11.9. The molecule has 2 aliphatic heterocycles. The zero-order valence-electron chi connectivity index (χ0n) is 18.1. The van der Waals surface area contributed by atoms with Gasteiger partial charge in [0.2, 0.25) is 5.91 Å². The molecule has 1 saturated heterocycles. The van der Waals surface area contributed by atoms with Gasteiger partial charge in [-0.15, -0.1) is 0 Å². The van der Waals surface area contributed by atoms with Crippen LogP contribution in [-0.2, 0) is 16.1 Å². The van der Waals surface area contributed by atoms with E-state index < -0.39 is 0 Å². The molecule has 1 N–H and O–H groups in total. The van der Waals surface area contributed by atoms with E-state index in [1.807, 2.05) is 12.1 Å². The molecule has 5 nitrogen and oxygen atoms in total. The van der Waals surface area contributed by atoms with Gasteiger partial charge >= 0.3 is 0 Å². The highest BCUT2D eigenvalue weighted by molar-refractivity contribution is 5.80. The third kappa shape index (κ3) is 6.42. The van der Waals surface area contributed by atoms with Gasteiger partial charge in [0.25, 0.3) is 0 Å². The molecule has 0 unspecified atom stereocenters. The fourth-order valence-corrected chi connectivity index (χ4v) is 4.09. The molecule has 0 radical (unpaired) electrons. The van der Waals surface area contributed by atoms with Gasteiger partial charge in [0.1, 0.15) is 11.9 Å². The number of ether oxygens (including phenoxy) is 2. The van der Waals surface area contributed by atoms with Gasteiger partial charge in [-0.2, -0.15) is 0 Å². The second-order valence-corrected chi connectivity index (χ2v) is 8.22. The number of hydrogen-bond donors (Lipinski definition) is 1. The molecule has 2 aromatic carbocycles. The van der Waals surface area contributed by atoms with Crippen LogP contribution in [-0.4, -0.2) is 49.8 Å². The van der Waals surface area contributed by atoms with Crippen molar-refractivity contribution in [1.29, 1.82) is 0 Å². The summed E-state index contributed by atoms with van der Waals surface area (Å²) in [6.45, 7) is 4.92. The fourth-order valence-electron chi connectivity index (χ4n) is 4.09. The van der Waals surface area contributed by atoms with Gasteiger partial charge in [-0.3, -0.25) is 9.69 Å². The predicted octanol–water partition coefficient (Wildman–Crippen LogP) is 4.04. The molecule has 2 aromatic rings. The highest BCUT2D eigenvalue weighted by Crippen LogP contribution is 2.23. The summed E-state index contributed by atoms with van der Waals surface area (Å²) >= 11 is 0. The van der Waals surface area contributed by atoms with E-state index in [1.165, 1.54) is 16.7 Å². The average molecular weight is 421 g/mol.